The molecule has 0 aliphatic carbocycles. The van der Waals surface area contributed by atoms with Gasteiger partial charge in [-0.05, 0) is 20.0 Å². The van der Waals surface area contributed by atoms with E-state index in [-0.39, 0.29) is 30.8 Å². The summed E-state index contributed by atoms with van der Waals surface area (Å²) in [7, 11) is 1.56. The number of thiazole rings is 1. The van der Waals surface area contributed by atoms with E-state index < -0.39 is 18.2 Å². The maximum Gasteiger partial charge on any atom is 0.573 e. The molecule has 2 rings (SSSR count). The Balaban J connectivity index is 1.80. The molecule has 0 spiro atoms. The predicted octanol–water partition coefficient (Wildman–Crippen LogP) is 2.17. The number of hydrogen-bond acceptors (Lipinski definition) is 6. The molecule has 0 aliphatic heterocycles. The first-order valence-corrected chi connectivity index (χ1v) is 9.01. The fourth-order valence-electron chi connectivity index (χ4n) is 2.29. The minimum absolute atomic E-state index is 0.0385. The summed E-state index contributed by atoms with van der Waals surface area (Å²) >= 11 is 1.34. The summed E-state index contributed by atoms with van der Waals surface area (Å²) in [5.41, 5.74) is 5.63. The van der Waals surface area contributed by atoms with Crippen molar-refractivity contribution in [3.63, 3.8) is 0 Å². The molecule has 1 heterocycles. The van der Waals surface area contributed by atoms with E-state index in [2.05, 4.69) is 20.6 Å². The number of para-hydroxylation sites is 1. The highest BCUT2D eigenvalue weighted by Crippen LogP contribution is 2.26. The van der Waals surface area contributed by atoms with E-state index in [4.69, 9.17) is 0 Å². The number of rotatable bonds is 7. The van der Waals surface area contributed by atoms with Crippen molar-refractivity contribution in [3.8, 4) is 5.75 Å². The molecule has 0 radical (unpaired) electrons. The van der Waals surface area contributed by atoms with Crippen molar-refractivity contribution in [2.24, 2.45) is 0 Å². The monoisotopic (exact) mass is 416 g/mol. The van der Waals surface area contributed by atoms with Crippen LogP contribution in [-0.4, -0.2) is 41.7 Å². The standard InChI is InChI=1S/C17H19F3N4O3S/c1-11-10-28-16(21-11)7-14(25)22-23-15(26)9-24(2)8-12-5-3-4-6-13(12)27-17(18,19)20/h3-6,10H,7-9H2,1-2H3,(H,22,25)(H,23,26). The SMILES string of the molecule is Cc1csc(CC(=O)NNC(=O)CN(C)Cc2ccccc2OC(F)(F)F)n1. The molecule has 2 aromatic rings. The van der Waals surface area contributed by atoms with Gasteiger partial charge in [-0.3, -0.25) is 25.3 Å². The fourth-order valence-corrected chi connectivity index (χ4v) is 3.07. The minimum Gasteiger partial charge on any atom is -0.405 e. The number of alkyl halides is 3. The molecule has 1 aromatic heterocycles. The normalized spacial score (nSPS) is 11.4. The summed E-state index contributed by atoms with van der Waals surface area (Å²) in [6.45, 7) is 1.72. The molecular formula is C17H19F3N4O3S. The van der Waals surface area contributed by atoms with Gasteiger partial charge in [-0.25, -0.2) is 4.98 Å². The zero-order chi connectivity index (χ0) is 20.7. The van der Waals surface area contributed by atoms with Crippen LogP contribution in [0.2, 0.25) is 0 Å². The van der Waals surface area contributed by atoms with E-state index in [1.807, 2.05) is 12.3 Å². The average molecular weight is 416 g/mol. The third kappa shape index (κ3) is 7.53. The maximum absolute atomic E-state index is 12.5. The van der Waals surface area contributed by atoms with Crippen molar-refractivity contribution in [3.05, 3.63) is 45.9 Å². The Morgan fingerprint density at radius 1 is 1.21 bits per heavy atom. The van der Waals surface area contributed by atoms with Crippen LogP contribution >= 0.6 is 11.3 Å². The molecule has 0 bridgehead atoms. The van der Waals surface area contributed by atoms with Crippen LogP contribution in [0.15, 0.2) is 29.6 Å². The predicted molar refractivity (Wildman–Crippen MR) is 96.3 cm³/mol. The van der Waals surface area contributed by atoms with Crippen LogP contribution in [0.4, 0.5) is 13.2 Å². The number of likely N-dealkylation sites (N-methyl/N-ethyl adjacent to an activating group) is 1. The molecule has 0 aliphatic rings. The molecule has 0 unspecified atom stereocenters. The van der Waals surface area contributed by atoms with Gasteiger partial charge in [0.15, 0.2) is 0 Å². The molecule has 1 aromatic carbocycles. The van der Waals surface area contributed by atoms with Gasteiger partial charge in [-0.1, -0.05) is 18.2 Å². The highest BCUT2D eigenvalue weighted by Gasteiger charge is 2.32. The molecular weight excluding hydrogens is 397 g/mol. The van der Waals surface area contributed by atoms with E-state index in [1.54, 1.807) is 13.1 Å². The van der Waals surface area contributed by atoms with Crippen LogP contribution in [0.1, 0.15) is 16.3 Å². The van der Waals surface area contributed by atoms with Crippen LogP contribution in [0.25, 0.3) is 0 Å². The maximum atomic E-state index is 12.5. The highest BCUT2D eigenvalue weighted by atomic mass is 32.1. The van der Waals surface area contributed by atoms with Crippen molar-refractivity contribution in [1.82, 2.24) is 20.7 Å². The third-order valence-electron chi connectivity index (χ3n) is 3.37. The second kappa shape index (κ2) is 9.51. The Bertz CT molecular complexity index is 826. The number of hydrazine groups is 1. The Labute approximate surface area is 163 Å². The van der Waals surface area contributed by atoms with Crippen LogP contribution in [0.5, 0.6) is 5.75 Å². The van der Waals surface area contributed by atoms with Gasteiger partial charge in [0.25, 0.3) is 5.91 Å². The number of ether oxygens (including phenoxy) is 1. The van der Waals surface area contributed by atoms with Gasteiger partial charge < -0.3 is 4.74 Å². The molecule has 0 saturated heterocycles. The Morgan fingerprint density at radius 3 is 2.54 bits per heavy atom. The Morgan fingerprint density at radius 2 is 1.89 bits per heavy atom. The number of carbonyl (C=O) groups excluding carboxylic acids is 2. The molecule has 0 saturated carbocycles. The number of nitrogens with one attached hydrogen (secondary N) is 2. The minimum atomic E-state index is -4.80. The lowest BCUT2D eigenvalue weighted by molar-refractivity contribution is -0.275. The lowest BCUT2D eigenvalue weighted by Gasteiger charge is -2.19. The lowest BCUT2D eigenvalue weighted by atomic mass is 10.2. The van der Waals surface area contributed by atoms with Gasteiger partial charge in [-0.2, -0.15) is 0 Å². The number of amides is 2. The summed E-state index contributed by atoms with van der Waals surface area (Å²) in [6, 6.07) is 5.69. The van der Waals surface area contributed by atoms with Gasteiger partial charge in [0.05, 0.1) is 13.0 Å². The summed E-state index contributed by atoms with van der Waals surface area (Å²) in [4.78, 5) is 29.4. The molecule has 11 heteroatoms. The highest BCUT2D eigenvalue weighted by molar-refractivity contribution is 7.09. The van der Waals surface area contributed by atoms with Crippen molar-refractivity contribution in [2.45, 2.75) is 26.3 Å². The number of benzene rings is 1. The van der Waals surface area contributed by atoms with E-state index in [1.165, 1.54) is 34.4 Å². The van der Waals surface area contributed by atoms with Gasteiger partial charge in [0, 0.05) is 23.2 Å². The van der Waals surface area contributed by atoms with Crippen LogP contribution < -0.4 is 15.6 Å². The first-order valence-electron chi connectivity index (χ1n) is 8.13. The van der Waals surface area contributed by atoms with Crippen molar-refractivity contribution < 1.29 is 27.5 Å². The summed E-state index contributed by atoms with van der Waals surface area (Å²) in [5.74, 6) is -1.26. The number of aromatic nitrogens is 1. The van der Waals surface area contributed by atoms with Gasteiger partial charge in [0.1, 0.15) is 10.8 Å². The Hall–Kier alpha value is -2.66. The molecule has 152 valence electrons. The van der Waals surface area contributed by atoms with E-state index >= 15 is 0 Å². The Kier molecular flexibility index (Phi) is 7.35. The van der Waals surface area contributed by atoms with Crippen molar-refractivity contribution in [2.75, 3.05) is 13.6 Å². The quantitative estimate of drug-likeness (QED) is 0.676. The number of halogens is 3. The summed E-state index contributed by atoms with van der Waals surface area (Å²) in [6.07, 6.45) is -4.76. The third-order valence-corrected chi connectivity index (χ3v) is 4.34. The second-order valence-electron chi connectivity index (χ2n) is 5.98. The van der Waals surface area contributed by atoms with E-state index in [0.29, 0.717) is 5.01 Å². The first-order chi connectivity index (χ1) is 13.1. The smallest absolute Gasteiger partial charge is 0.405 e. The molecule has 0 fully saturated rings. The van der Waals surface area contributed by atoms with E-state index in [9.17, 15) is 22.8 Å². The largest absolute Gasteiger partial charge is 0.573 e. The molecule has 0 atom stereocenters. The lowest BCUT2D eigenvalue weighted by Crippen LogP contribution is -2.46. The van der Waals surface area contributed by atoms with E-state index in [0.717, 1.165) is 5.69 Å². The first kappa shape index (κ1) is 21.6. The zero-order valence-corrected chi connectivity index (χ0v) is 16.0. The molecule has 2 N–H and O–H groups in total. The van der Waals surface area contributed by atoms with Crippen molar-refractivity contribution in [1.29, 1.82) is 0 Å². The fraction of sp³-hybridized carbons (Fsp3) is 0.353. The van der Waals surface area contributed by atoms with Gasteiger partial charge >= 0.3 is 6.36 Å². The van der Waals surface area contributed by atoms with Crippen LogP contribution in [-0.2, 0) is 22.6 Å². The number of nitrogens with zero attached hydrogens (tertiary/aromatic N) is 2. The zero-order valence-electron chi connectivity index (χ0n) is 15.2. The van der Waals surface area contributed by atoms with Crippen LogP contribution in [0.3, 0.4) is 0 Å². The van der Waals surface area contributed by atoms with Gasteiger partial charge in [-0.15, -0.1) is 24.5 Å². The van der Waals surface area contributed by atoms with Crippen LogP contribution in [0, 0.1) is 6.92 Å². The molecule has 2 amide bonds. The number of hydrogen-bond donors (Lipinski definition) is 2. The summed E-state index contributed by atoms with van der Waals surface area (Å²) < 4.78 is 41.4. The molecule has 7 nitrogen and oxygen atoms in total. The second-order valence-corrected chi connectivity index (χ2v) is 6.93. The number of aryl methyl sites for hydroxylation is 1. The average Bonchev–Trinajstić information content (AvgIpc) is 2.98. The molecule has 28 heavy (non-hydrogen) atoms. The topological polar surface area (TPSA) is 83.6 Å². The summed E-state index contributed by atoms with van der Waals surface area (Å²) in [5, 5.41) is 2.44. The van der Waals surface area contributed by atoms with Gasteiger partial charge in [0.2, 0.25) is 5.91 Å². The number of carbonyl (C=O) groups is 2. The van der Waals surface area contributed by atoms with Crippen molar-refractivity contribution >= 4 is 23.2 Å².